The Bertz CT molecular complexity index is 729. The number of morpholine rings is 1. The number of nitrogens with one attached hydrogen (secondary N) is 1. The fourth-order valence-electron chi connectivity index (χ4n) is 2.69. The summed E-state index contributed by atoms with van der Waals surface area (Å²) < 4.78 is 7.33. The number of hydrogen-bond donors (Lipinski definition) is 1. The van der Waals surface area contributed by atoms with Gasteiger partial charge in [0.05, 0.1) is 18.7 Å². The Morgan fingerprint density at radius 2 is 2.21 bits per heavy atom. The van der Waals surface area contributed by atoms with Crippen molar-refractivity contribution in [3.8, 4) is 5.82 Å². The number of carbonyl (C=O) groups is 2. The highest BCUT2D eigenvalue weighted by Gasteiger charge is 2.40. The Hall–Kier alpha value is -2.74. The number of likely N-dealkylation sites (N-methyl/N-ethyl adjacent to an activating group) is 1. The molecule has 1 fully saturated rings. The van der Waals surface area contributed by atoms with Crippen LogP contribution in [0.15, 0.2) is 37.1 Å². The lowest BCUT2D eigenvalue weighted by Gasteiger charge is -2.39. The molecule has 2 amide bonds. The molecule has 0 saturated carbocycles. The van der Waals surface area contributed by atoms with Crippen molar-refractivity contribution < 1.29 is 14.3 Å². The number of ether oxygens (including phenoxy) is 1. The zero-order chi connectivity index (χ0) is 17.2. The fourth-order valence-corrected chi connectivity index (χ4v) is 2.69. The van der Waals surface area contributed by atoms with Crippen molar-refractivity contribution in [1.29, 1.82) is 0 Å². The molecule has 2 aromatic rings. The first kappa shape index (κ1) is 16.1. The van der Waals surface area contributed by atoms with Gasteiger partial charge in [0.2, 0.25) is 0 Å². The molecule has 0 aromatic carbocycles. The van der Waals surface area contributed by atoms with E-state index >= 15 is 0 Å². The minimum Gasteiger partial charge on any atom is -0.362 e. The molecule has 1 aliphatic heterocycles. The Labute approximate surface area is 139 Å². The summed E-state index contributed by atoms with van der Waals surface area (Å²) >= 11 is 0. The molecule has 8 nitrogen and oxygen atoms in total. The van der Waals surface area contributed by atoms with Crippen LogP contribution in [0.25, 0.3) is 5.82 Å². The first-order valence-electron chi connectivity index (χ1n) is 7.63. The molecule has 24 heavy (non-hydrogen) atoms. The molecule has 1 atom stereocenters. The van der Waals surface area contributed by atoms with E-state index < -0.39 is 5.60 Å². The second-order valence-corrected chi connectivity index (χ2v) is 5.76. The third-order valence-corrected chi connectivity index (χ3v) is 4.03. The van der Waals surface area contributed by atoms with Crippen LogP contribution < -0.4 is 5.32 Å². The molecule has 126 valence electrons. The highest BCUT2D eigenvalue weighted by Crippen LogP contribution is 2.20. The van der Waals surface area contributed by atoms with E-state index in [0.717, 1.165) is 0 Å². The van der Waals surface area contributed by atoms with Crippen molar-refractivity contribution in [1.82, 2.24) is 24.8 Å². The third-order valence-electron chi connectivity index (χ3n) is 4.03. The molecule has 0 spiro atoms. The van der Waals surface area contributed by atoms with Gasteiger partial charge in [0.25, 0.3) is 11.8 Å². The van der Waals surface area contributed by atoms with Gasteiger partial charge in [-0.3, -0.25) is 14.2 Å². The molecule has 3 heterocycles. The second kappa shape index (κ2) is 6.40. The predicted molar refractivity (Wildman–Crippen MR) is 85.7 cm³/mol. The van der Waals surface area contributed by atoms with Crippen LogP contribution in [0, 0.1) is 0 Å². The molecule has 1 N–H and O–H groups in total. The number of amides is 2. The molecule has 2 aromatic heterocycles. The first-order chi connectivity index (χ1) is 11.5. The maximum atomic E-state index is 12.7. The lowest BCUT2D eigenvalue weighted by Crippen LogP contribution is -2.58. The zero-order valence-corrected chi connectivity index (χ0v) is 13.6. The van der Waals surface area contributed by atoms with Crippen LogP contribution in [0.5, 0.6) is 0 Å². The Morgan fingerprint density at radius 3 is 2.83 bits per heavy atom. The summed E-state index contributed by atoms with van der Waals surface area (Å²) in [5, 5.41) is 2.57. The smallest absolute Gasteiger partial charge is 0.255 e. The summed E-state index contributed by atoms with van der Waals surface area (Å²) in [6, 6.07) is 3.48. The number of nitrogens with zero attached hydrogens (tertiary/aromatic N) is 4. The topological polar surface area (TPSA) is 89.4 Å². The molecular formula is C16H19N5O3. The number of rotatable bonds is 3. The van der Waals surface area contributed by atoms with Gasteiger partial charge in [-0.2, -0.15) is 0 Å². The third kappa shape index (κ3) is 3.00. The van der Waals surface area contributed by atoms with Crippen LogP contribution >= 0.6 is 0 Å². The van der Waals surface area contributed by atoms with Gasteiger partial charge >= 0.3 is 0 Å². The number of hydrogen-bond acceptors (Lipinski definition) is 5. The highest BCUT2D eigenvalue weighted by atomic mass is 16.5. The molecule has 0 bridgehead atoms. The first-order valence-corrected chi connectivity index (χ1v) is 7.63. The SMILES string of the molecule is CNC(=O)[C@@]1(C)CN(C(=O)c2ccc(-n3ccnc3)nc2)CCO1. The average molecular weight is 329 g/mol. The van der Waals surface area contributed by atoms with E-state index in [9.17, 15) is 9.59 Å². The number of aromatic nitrogens is 3. The van der Waals surface area contributed by atoms with Gasteiger partial charge in [0.1, 0.15) is 12.1 Å². The fraction of sp³-hybridized carbons (Fsp3) is 0.375. The highest BCUT2D eigenvalue weighted by molar-refractivity contribution is 5.95. The largest absolute Gasteiger partial charge is 0.362 e. The Balaban J connectivity index is 1.75. The summed E-state index contributed by atoms with van der Waals surface area (Å²) in [7, 11) is 1.55. The zero-order valence-electron chi connectivity index (χ0n) is 13.6. The maximum absolute atomic E-state index is 12.7. The van der Waals surface area contributed by atoms with E-state index in [0.29, 0.717) is 24.5 Å². The van der Waals surface area contributed by atoms with Crippen LogP contribution in [0.4, 0.5) is 0 Å². The normalized spacial score (nSPS) is 20.7. The van der Waals surface area contributed by atoms with Crippen molar-refractivity contribution in [3.05, 3.63) is 42.6 Å². The van der Waals surface area contributed by atoms with Crippen LogP contribution in [-0.2, 0) is 9.53 Å². The minimum atomic E-state index is -1.03. The van der Waals surface area contributed by atoms with Crippen molar-refractivity contribution in [2.45, 2.75) is 12.5 Å². The molecule has 1 aliphatic rings. The number of pyridine rings is 1. The Kier molecular flexibility index (Phi) is 4.30. The standard InChI is InChI=1S/C16H19N5O3/c1-16(15(23)17-2)10-20(7-8-24-16)14(22)12-3-4-13(19-9-12)21-6-5-18-11-21/h3-6,9,11H,7-8,10H2,1-2H3,(H,17,23)/t16-/m1/s1. The minimum absolute atomic E-state index is 0.168. The summed E-state index contributed by atoms with van der Waals surface area (Å²) in [6.07, 6.45) is 6.61. The monoisotopic (exact) mass is 329 g/mol. The molecule has 1 saturated heterocycles. The summed E-state index contributed by atoms with van der Waals surface area (Å²) in [6.45, 7) is 2.64. The van der Waals surface area contributed by atoms with Crippen molar-refractivity contribution >= 4 is 11.8 Å². The maximum Gasteiger partial charge on any atom is 0.255 e. The van der Waals surface area contributed by atoms with E-state index in [2.05, 4.69) is 15.3 Å². The molecule has 3 rings (SSSR count). The van der Waals surface area contributed by atoms with Crippen molar-refractivity contribution in [2.24, 2.45) is 0 Å². The second-order valence-electron chi connectivity index (χ2n) is 5.76. The van der Waals surface area contributed by atoms with Crippen LogP contribution in [-0.4, -0.2) is 63.6 Å². The van der Waals surface area contributed by atoms with Gasteiger partial charge in [0.15, 0.2) is 5.60 Å². The Morgan fingerprint density at radius 1 is 1.38 bits per heavy atom. The molecule has 0 aliphatic carbocycles. The van der Waals surface area contributed by atoms with Crippen LogP contribution in [0.3, 0.4) is 0 Å². The van der Waals surface area contributed by atoms with E-state index in [-0.39, 0.29) is 18.4 Å². The van der Waals surface area contributed by atoms with E-state index in [4.69, 9.17) is 4.74 Å². The summed E-state index contributed by atoms with van der Waals surface area (Å²) in [5.74, 6) is 0.271. The lowest BCUT2D eigenvalue weighted by molar-refractivity contribution is -0.153. The van der Waals surface area contributed by atoms with Gasteiger partial charge in [-0.1, -0.05) is 0 Å². The summed E-state index contributed by atoms with van der Waals surface area (Å²) in [5.41, 5.74) is -0.563. The van der Waals surface area contributed by atoms with E-state index in [1.807, 2.05) is 0 Å². The number of carbonyl (C=O) groups excluding carboxylic acids is 2. The van der Waals surface area contributed by atoms with Gasteiger partial charge in [-0.25, -0.2) is 9.97 Å². The van der Waals surface area contributed by atoms with Gasteiger partial charge in [-0.05, 0) is 19.1 Å². The van der Waals surface area contributed by atoms with Gasteiger partial charge in [0, 0.05) is 32.2 Å². The average Bonchev–Trinajstić information content (AvgIpc) is 3.15. The number of imidazole rings is 1. The van der Waals surface area contributed by atoms with E-state index in [1.165, 1.54) is 6.20 Å². The summed E-state index contributed by atoms with van der Waals surface area (Å²) in [4.78, 5) is 34.5. The molecule has 8 heteroatoms. The predicted octanol–water partition coefficient (Wildman–Crippen LogP) is 0.244. The quantitative estimate of drug-likeness (QED) is 0.871. The van der Waals surface area contributed by atoms with Crippen LogP contribution in [0.1, 0.15) is 17.3 Å². The molecular weight excluding hydrogens is 310 g/mol. The van der Waals surface area contributed by atoms with Crippen LogP contribution in [0.2, 0.25) is 0 Å². The van der Waals surface area contributed by atoms with Gasteiger partial charge < -0.3 is 15.0 Å². The van der Waals surface area contributed by atoms with Crippen molar-refractivity contribution in [3.63, 3.8) is 0 Å². The molecule has 0 unspecified atom stereocenters. The van der Waals surface area contributed by atoms with Crippen molar-refractivity contribution in [2.75, 3.05) is 26.7 Å². The van der Waals surface area contributed by atoms with Gasteiger partial charge in [-0.15, -0.1) is 0 Å². The lowest BCUT2D eigenvalue weighted by atomic mass is 10.0. The molecule has 0 radical (unpaired) electrons. The van der Waals surface area contributed by atoms with E-state index in [1.54, 1.807) is 54.3 Å².